The summed E-state index contributed by atoms with van der Waals surface area (Å²) in [5.74, 6) is 1.62. The summed E-state index contributed by atoms with van der Waals surface area (Å²) in [6, 6.07) is 0. The van der Waals surface area contributed by atoms with E-state index in [1.807, 2.05) is 0 Å². The highest BCUT2D eigenvalue weighted by molar-refractivity contribution is 8.67. The molecule has 0 saturated heterocycles. The van der Waals surface area contributed by atoms with E-state index in [1.54, 1.807) is 0 Å². The smallest absolute Gasteiger partial charge is 0.242 e. The Morgan fingerprint density at radius 3 is 2.00 bits per heavy atom. The zero-order valence-electron chi connectivity index (χ0n) is 10.4. The van der Waals surface area contributed by atoms with E-state index in [-0.39, 0.29) is 0 Å². The van der Waals surface area contributed by atoms with Gasteiger partial charge >= 0.3 is 0 Å². The largest absolute Gasteiger partial charge is 0.338 e. The summed E-state index contributed by atoms with van der Waals surface area (Å²) < 4.78 is 0. The van der Waals surface area contributed by atoms with Gasteiger partial charge in [-0.1, -0.05) is 63.8 Å². The quantitative estimate of drug-likeness (QED) is 0.463. The molecule has 0 fully saturated rings. The van der Waals surface area contributed by atoms with Gasteiger partial charge in [-0.2, -0.15) is 0 Å². The molecule has 98 valence electrons. The Labute approximate surface area is 109 Å². The van der Waals surface area contributed by atoms with Crippen molar-refractivity contribution in [2.75, 3.05) is 5.75 Å². The molecule has 0 aliphatic rings. The van der Waals surface area contributed by atoms with Gasteiger partial charge < -0.3 is 9.79 Å². The standard InChI is InChI=1S/C11H25O2PS2/c1-11(2)9-7-5-3-4-6-8-10-16-14(12,13)15/h11H,3-10H2,1-2H3,(H2,12,13,15). The Morgan fingerprint density at radius 1 is 1.00 bits per heavy atom. The molecule has 0 aromatic carbocycles. The lowest BCUT2D eigenvalue weighted by atomic mass is 10.0. The Balaban J connectivity index is 3.08. The Kier molecular flexibility index (Phi) is 10.5. The highest BCUT2D eigenvalue weighted by Gasteiger charge is 2.06. The van der Waals surface area contributed by atoms with Crippen LogP contribution in [0.5, 0.6) is 0 Å². The van der Waals surface area contributed by atoms with Crippen molar-refractivity contribution >= 4 is 28.9 Å². The molecular weight excluding hydrogens is 259 g/mol. The van der Waals surface area contributed by atoms with Crippen molar-refractivity contribution < 1.29 is 9.79 Å². The van der Waals surface area contributed by atoms with Crippen LogP contribution in [0, 0.1) is 5.92 Å². The second-order valence-corrected chi connectivity index (χ2v) is 10.8. The minimum Gasteiger partial charge on any atom is -0.338 e. The van der Waals surface area contributed by atoms with Crippen LogP contribution in [-0.2, 0) is 11.8 Å². The fourth-order valence-corrected chi connectivity index (χ4v) is 3.89. The molecule has 0 aliphatic carbocycles. The predicted molar refractivity (Wildman–Crippen MR) is 78.3 cm³/mol. The fourth-order valence-electron chi connectivity index (χ4n) is 1.55. The van der Waals surface area contributed by atoms with Crippen LogP contribution in [0.1, 0.15) is 58.8 Å². The number of hydrogen-bond donors (Lipinski definition) is 2. The van der Waals surface area contributed by atoms with Crippen molar-refractivity contribution in [2.45, 2.75) is 58.8 Å². The van der Waals surface area contributed by atoms with E-state index >= 15 is 0 Å². The Bertz CT molecular complexity index is 204. The second kappa shape index (κ2) is 9.90. The molecule has 5 heteroatoms. The van der Waals surface area contributed by atoms with E-state index in [1.165, 1.54) is 38.5 Å². The number of hydrogen-bond acceptors (Lipinski definition) is 2. The zero-order chi connectivity index (χ0) is 12.4. The summed E-state index contributed by atoms with van der Waals surface area (Å²) in [6.45, 7) is 4.54. The lowest BCUT2D eigenvalue weighted by Crippen LogP contribution is -1.87. The van der Waals surface area contributed by atoms with Crippen LogP contribution in [0.3, 0.4) is 0 Å². The molecule has 0 heterocycles. The van der Waals surface area contributed by atoms with Crippen molar-refractivity contribution in [3.05, 3.63) is 0 Å². The van der Waals surface area contributed by atoms with Gasteiger partial charge in [-0.3, -0.25) is 0 Å². The van der Waals surface area contributed by atoms with Gasteiger partial charge in [0.2, 0.25) is 5.69 Å². The molecule has 0 amide bonds. The molecule has 0 aromatic heterocycles. The lowest BCUT2D eigenvalue weighted by Gasteiger charge is -2.06. The third-order valence-electron chi connectivity index (χ3n) is 2.44. The Morgan fingerprint density at radius 2 is 1.50 bits per heavy atom. The molecule has 0 spiro atoms. The SMILES string of the molecule is CC(C)CCCCCCCCSP(O)(O)=S. The summed E-state index contributed by atoms with van der Waals surface area (Å²) in [4.78, 5) is 18.0. The molecule has 16 heavy (non-hydrogen) atoms. The van der Waals surface area contributed by atoms with Crippen LogP contribution in [-0.4, -0.2) is 15.5 Å². The third kappa shape index (κ3) is 14.9. The maximum absolute atomic E-state index is 8.99. The van der Waals surface area contributed by atoms with Gasteiger partial charge in [0.15, 0.2) is 0 Å². The van der Waals surface area contributed by atoms with Gasteiger partial charge in [0.25, 0.3) is 0 Å². The monoisotopic (exact) mass is 284 g/mol. The normalized spacial score (nSPS) is 12.3. The first-order valence-electron chi connectivity index (χ1n) is 6.12. The number of rotatable bonds is 10. The van der Waals surface area contributed by atoms with Gasteiger partial charge in [-0.15, -0.1) is 0 Å². The van der Waals surface area contributed by atoms with Gasteiger partial charge in [0.1, 0.15) is 0 Å². The van der Waals surface area contributed by atoms with Gasteiger partial charge in [0.05, 0.1) is 0 Å². The third-order valence-corrected chi connectivity index (χ3v) is 5.75. The molecule has 0 aliphatic heterocycles. The predicted octanol–water partition coefficient (Wildman–Crippen LogP) is 4.32. The minimum atomic E-state index is -2.99. The van der Waals surface area contributed by atoms with Crippen LogP contribution in [0.2, 0.25) is 0 Å². The van der Waals surface area contributed by atoms with E-state index in [0.717, 1.165) is 29.5 Å². The summed E-state index contributed by atoms with van der Waals surface area (Å²) in [7, 11) is 0. The maximum atomic E-state index is 8.99. The van der Waals surface area contributed by atoms with E-state index in [0.29, 0.717) is 0 Å². The first-order valence-corrected chi connectivity index (χ1v) is 10.4. The van der Waals surface area contributed by atoms with Crippen LogP contribution >= 0.6 is 17.1 Å². The molecule has 0 radical (unpaired) electrons. The van der Waals surface area contributed by atoms with Crippen LogP contribution in [0.4, 0.5) is 0 Å². The second-order valence-electron chi connectivity index (χ2n) is 4.63. The molecule has 0 atom stereocenters. The van der Waals surface area contributed by atoms with Crippen molar-refractivity contribution in [2.24, 2.45) is 5.92 Å². The van der Waals surface area contributed by atoms with Crippen molar-refractivity contribution in [1.29, 1.82) is 0 Å². The highest BCUT2D eigenvalue weighted by Crippen LogP contribution is 2.50. The van der Waals surface area contributed by atoms with E-state index in [9.17, 15) is 0 Å². The summed E-state index contributed by atoms with van der Waals surface area (Å²) >= 11 is 5.67. The molecule has 0 unspecified atom stereocenters. The van der Waals surface area contributed by atoms with Crippen molar-refractivity contribution in [3.8, 4) is 0 Å². The molecule has 0 aromatic rings. The highest BCUT2D eigenvalue weighted by atomic mass is 32.9. The minimum absolute atomic E-state index is 0.788. The topological polar surface area (TPSA) is 40.5 Å². The summed E-state index contributed by atoms with van der Waals surface area (Å²) in [6.07, 6.45) is 8.83. The van der Waals surface area contributed by atoms with E-state index in [4.69, 9.17) is 9.79 Å². The average Bonchev–Trinajstić information content (AvgIpc) is 2.13. The summed E-state index contributed by atoms with van der Waals surface area (Å²) in [5.41, 5.74) is -2.99. The first-order chi connectivity index (χ1) is 7.42. The fraction of sp³-hybridized carbons (Fsp3) is 1.00. The van der Waals surface area contributed by atoms with Crippen LogP contribution in [0.15, 0.2) is 0 Å². The lowest BCUT2D eigenvalue weighted by molar-refractivity contribution is 0.502. The molecule has 2 N–H and O–H groups in total. The van der Waals surface area contributed by atoms with Crippen molar-refractivity contribution in [1.82, 2.24) is 0 Å². The molecule has 0 saturated carbocycles. The average molecular weight is 284 g/mol. The Hall–Kier alpha value is 0.920. The number of unbranched alkanes of at least 4 members (excludes halogenated alkanes) is 5. The van der Waals surface area contributed by atoms with Gasteiger partial charge in [-0.05, 0) is 24.1 Å². The van der Waals surface area contributed by atoms with Crippen LogP contribution < -0.4 is 0 Å². The van der Waals surface area contributed by atoms with Crippen LogP contribution in [0.25, 0.3) is 0 Å². The first kappa shape index (κ1) is 16.9. The van der Waals surface area contributed by atoms with Crippen molar-refractivity contribution in [3.63, 3.8) is 0 Å². The molecule has 0 bridgehead atoms. The molecular formula is C11H25O2PS2. The molecule has 2 nitrogen and oxygen atoms in total. The molecule has 0 rings (SSSR count). The van der Waals surface area contributed by atoms with Gasteiger partial charge in [0, 0.05) is 5.75 Å². The van der Waals surface area contributed by atoms with E-state index < -0.39 is 5.69 Å². The zero-order valence-corrected chi connectivity index (χ0v) is 12.9. The van der Waals surface area contributed by atoms with E-state index in [2.05, 4.69) is 25.7 Å². The summed E-state index contributed by atoms with van der Waals surface area (Å²) in [5, 5.41) is 0. The maximum Gasteiger partial charge on any atom is 0.242 e. The van der Waals surface area contributed by atoms with Gasteiger partial charge in [-0.25, -0.2) is 0 Å².